The van der Waals surface area contributed by atoms with Gasteiger partial charge in [-0.05, 0) is 13.8 Å². The van der Waals surface area contributed by atoms with Gasteiger partial charge in [0.25, 0.3) is 0 Å². The van der Waals surface area contributed by atoms with E-state index in [1.54, 1.807) is 6.07 Å². The first-order valence-corrected chi connectivity index (χ1v) is 3.47. The number of allylic oxidation sites excluding steroid dienone is 3. The average Bonchev–Trinajstić information content (AvgIpc) is 2.13. The monoisotopic (exact) mass is 176 g/mol. The molecule has 0 aromatic heterocycles. The summed E-state index contributed by atoms with van der Waals surface area (Å²) in [5.41, 5.74) is 0.332. The SMILES string of the molecule is CC(C#N)=C(C)OC(=O)C=CC#N. The quantitative estimate of drug-likeness (QED) is 0.276. The number of nitrogens with zero attached hydrogens (tertiary/aromatic N) is 2. The molecule has 0 bridgehead atoms. The maximum Gasteiger partial charge on any atom is 0.336 e. The topological polar surface area (TPSA) is 73.9 Å². The molecule has 13 heavy (non-hydrogen) atoms. The van der Waals surface area contributed by atoms with Crippen molar-refractivity contribution in [2.24, 2.45) is 0 Å². The van der Waals surface area contributed by atoms with Crippen LogP contribution in [0.2, 0.25) is 0 Å². The number of carbonyl (C=O) groups is 1. The smallest absolute Gasteiger partial charge is 0.336 e. The van der Waals surface area contributed by atoms with Crippen LogP contribution in [0.25, 0.3) is 0 Å². The molecule has 66 valence electrons. The number of rotatable bonds is 2. The zero-order chi connectivity index (χ0) is 10.3. The van der Waals surface area contributed by atoms with Gasteiger partial charge < -0.3 is 4.74 Å². The first-order valence-electron chi connectivity index (χ1n) is 3.47. The number of hydrogen-bond donors (Lipinski definition) is 0. The highest BCUT2D eigenvalue weighted by Crippen LogP contribution is 2.03. The Morgan fingerprint density at radius 3 is 2.46 bits per heavy atom. The largest absolute Gasteiger partial charge is 0.427 e. The van der Waals surface area contributed by atoms with Gasteiger partial charge in [0, 0.05) is 12.2 Å². The predicted molar refractivity (Wildman–Crippen MR) is 44.8 cm³/mol. The Labute approximate surface area is 76.3 Å². The Bertz CT molecular complexity index is 340. The van der Waals surface area contributed by atoms with Gasteiger partial charge in [-0.2, -0.15) is 10.5 Å². The summed E-state index contributed by atoms with van der Waals surface area (Å²) in [6, 6.07) is 3.49. The maximum atomic E-state index is 10.8. The third-order valence-electron chi connectivity index (χ3n) is 1.24. The van der Waals surface area contributed by atoms with Crippen molar-refractivity contribution in [2.75, 3.05) is 0 Å². The standard InChI is InChI=1S/C9H8N2O2/c1-7(6-11)8(2)13-9(12)4-3-5-10/h3-4H,1-2H3. The first-order chi connectivity index (χ1) is 6.11. The van der Waals surface area contributed by atoms with E-state index in [0.29, 0.717) is 5.57 Å². The van der Waals surface area contributed by atoms with E-state index in [2.05, 4.69) is 4.74 Å². The summed E-state index contributed by atoms with van der Waals surface area (Å²) in [5.74, 6) is -0.413. The number of nitriles is 2. The van der Waals surface area contributed by atoms with Crippen LogP contribution in [0.15, 0.2) is 23.5 Å². The highest BCUT2D eigenvalue weighted by atomic mass is 16.5. The fourth-order valence-corrected chi connectivity index (χ4v) is 0.445. The minimum Gasteiger partial charge on any atom is -0.427 e. The molecular weight excluding hydrogens is 168 g/mol. The van der Waals surface area contributed by atoms with E-state index in [9.17, 15) is 4.79 Å². The van der Waals surface area contributed by atoms with Crippen molar-refractivity contribution in [1.29, 1.82) is 10.5 Å². The molecule has 0 N–H and O–H groups in total. The summed E-state index contributed by atoms with van der Waals surface area (Å²) >= 11 is 0. The lowest BCUT2D eigenvalue weighted by Gasteiger charge is -2.00. The lowest BCUT2D eigenvalue weighted by molar-refractivity contribution is -0.133. The molecule has 0 aliphatic carbocycles. The molecule has 0 aliphatic heterocycles. The summed E-state index contributed by atoms with van der Waals surface area (Å²) in [4.78, 5) is 10.8. The highest BCUT2D eigenvalue weighted by molar-refractivity contribution is 5.83. The van der Waals surface area contributed by atoms with Crippen LogP contribution in [0, 0.1) is 22.7 Å². The fourth-order valence-electron chi connectivity index (χ4n) is 0.445. The van der Waals surface area contributed by atoms with Crippen molar-refractivity contribution < 1.29 is 9.53 Å². The number of hydrogen-bond acceptors (Lipinski definition) is 4. The van der Waals surface area contributed by atoms with Crippen molar-refractivity contribution in [3.63, 3.8) is 0 Å². The number of esters is 1. The van der Waals surface area contributed by atoms with Crippen molar-refractivity contribution >= 4 is 5.97 Å². The molecule has 0 atom stereocenters. The highest BCUT2D eigenvalue weighted by Gasteiger charge is 2.01. The molecule has 0 aromatic rings. The summed E-state index contributed by atoms with van der Waals surface area (Å²) in [5, 5.41) is 16.5. The molecule has 0 spiro atoms. The van der Waals surface area contributed by atoms with Crippen LogP contribution in [0.4, 0.5) is 0 Å². The molecule has 0 aromatic carbocycles. The molecule has 0 unspecified atom stereocenters. The van der Waals surface area contributed by atoms with E-state index in [4.69, 9.17) is 10.5 Å². The fraction of sp³-hybridized carbons (Fsp3) is 0.222. The van der Waals surface area contributed by atoms with Crippen LogP contribution in [0.1, 0.15) is 13.8 Å². The van der Waals surface area contributed by atoms with Crippen LogP contribution >= 0.6 is 0 Å². The summed E-state index contributed by atoms with van der Waals surface area (Å²) in [7, 11) is 0. The molecule has 0 fully saturated rings. The van der Waals surface area contributed by atoms with Crippen molar-refractivity contribution in [2.45, 2.75) is 13.8 Å². The van der Waals surface area contributed by atoms with E-state index in [1.807, 2.05) is 6.07 Å². The van der Waals surface area contributed by atoms with Gasteiger partial charge in [-0.3, -0.25) is 0 Å². The van der Waals surface area contributed by atoms with Crippen LogP contribution in [0.5, 0.6) is 0 Å². The second-order valence-corrected chi connectivity index (χ2v) is 2.18. The van der Waals surface area contributed by atoms with E-state index in [0.717, 1.165) is 12.2 Å². The minimum absolute atomic E-state index is 0.245. The normalized spacial score (nSPS) is 11.4. The Morgan fingerprint density at radius 2 is 2.00 bits per heavy atom. The van der Waals surface area contributed by atoms with E-state index < -0.39 is 5.97 Å². The third kappa shape index (κ3) is 4.39. The van der Waals surface area contributed by atoms with Gasteiger partial charge in [-0.15, -0.1) is 0 Å². The van der Waals surface area contributed by atoms with Gasteiger partial charge in [0.2, 0.25) is 0 Å². The second kappa shape index (κ2) is 5.56. The van der Waals surface area contributed by atoms with Gasteiger partial charge in [0.15, 0.2) is 0 Å². The Hall–Kier alpha value is -2.07. The minimum atomic E-state index is -0.659. The molecule has 4 heteroatoms. The van der Waals surface area contributed by atoms with Gasteiger partial charge >= 0.3 is 5.97 Å². The Morgan fingerprint density at radius 1 is 1.38 bits per heavy atom. The zero-order valence-electron chi connectivity index (χ0n) is 7.37. The van der Waals surface area contributed by atoms with Gasteiger partial charge in [0.1, 0.15) is 5.76 Å². The van der Waals surface area contributed by atoms with E-state index in [-0.39, 0.29) is 5.76 Å². The molecule has 0 rings (SSSR count). The summed E-state index contributed by atoms with van der Waals surface area (Å²) in [6.07, 6.45) is 2.01. The maximum absolute atomic E-state index is 10.8. The van der Waals surface area contributed by atoms with Crippen molar-refractivity contribution in [3.05, 3.63) is 23.5 Å². The molecule has 0 saturated carbocycles. The third-order valence-corrected chi connectivity index (χ3v) is 1.24. The van der Waals surface area contributed by atoms with Gasteiger partial charge in [-0.25, -0.2) is 4.79 Å². The Balaban J connectivity index is 4.35. The molecule has 0 saturated heterocycles. The van der Waals surface area contributed by atoms with Crippen LogP contribution < -0.4 is 0 Å². The molecule has 0 radical (unpaired) electrons. The Kier molecular flexibility index (Phi) is 4.68. The molecule has 0 heterocycles. The summed E-state index contributed by atoms with van der Waals surface area (Å²) in [6.45, 7) is 3.05. The second-order valence-electron chi connectivity index (χ2n) is 2.18. The van der Waals surface area contributed by atoms with Gasteiger partial charge in [-0.1, -0.05) is 0 Å². The van der Waals surface area contributed by atoms with Crippen molar-refractivity contribution in [1.82, 2.24) is 0 Å². The van der Waals surface area contributed by atoms with Crippen LogP contribution in [-0.2, 0) is 9.53 Å². The molecule has 0 aliphatic rings. The van der Waals surface area contributed by atoms with Gasteiger partial charge in [0.05, 0.1) is 17.7 Å². The van der Waals surface area contributed by atoms with Crippen LogP contribution in [-0.4, -0.2) is 5.97 Å². The predicted octanol–water partition coefficient (Wildman–Crippen LogP) is 1.43. The average molecular weight is 176 g/mol. The molecular formula is C9H8N2O2. The lowest BCUT2D eigenvalue weighted by atomic mass is 10.3. The van der Waals surface area contributed by atoms with E-state index in [1.165, 1.54) is 13.8 Å². The number of ether oxygens (including phenoxy) is 1. The van der Waals surface area contributed by atoms with E-state index >= 15 is 0 Å². The molecule has 0 amide bonds. The molecule has 4 nitrogen and oxygen atoms in total. The lowest BCUT2D eigenvalue weighted by Crippen LogP contribution is -1.99. The van der Waals surface area contributed by atoms with Crippen molar-refractivity contribution in [3.8, 4) is 12.1 Å². The van der Waals surface area contributed by atoms with Crippen LogP contribution in [0.3, 0.4) is 0 Å². The zero-order valence-corrected chi connectivity index (χ0v) is 7.37. The first kappa shape index (κ1) is 10.9. The number of carbonyl (C=O) groups excluding carboxylic acids is 1. The summed E-state index contributed by atoms with van der Waals surface area (Å²) < 4.78 is 4.69.